The topological polar surface area (TPSA) is 108 Å². The van der Waals surface area contributed by atoms with Gasteiger partial charge in [-0.25, -0.2) is 0 Å². The number of nitro groups is 1. The van der Waals surface area contributed by atoms with Crippen molar-refractivity contribution in [2.24, 2.45) is 0 Å². The molecule has 1 aromatic rings. The quantitative estimate of drug-likeness (QED) is 0.467. The van der Waals surface area contributed by atoms with Gasteiger partial charge in [0, 0.05) is 56.1 Å². The van der Waals surface area contributed by atoms with E-state index >= 15 is 0 Å². The van der Waals surface area contributed by atoms with Gasteiger partial charge in [0.1, 0.15) is 5.69 Å². The summed E-state index contributed by atoms with van der Waals surface area (Å²) >= 11 is 0. The summed E-state index contributed by atoms with van der Waals surface area (Å²) in [5, 5.41) is 17.3. The van der Waals surface area contributed by atoms with Crippen LogP contribution in [0.25, 0.3) is 0 Å². The van der Waals surface area contributed by atoms with Gasteiger partial charge in [0.2, 0.25) is 0 Å². The zero-order valence-electron chi connectivity index (χ0n) is 14.9. The molecule has 0 unspecified atom stereocenters. The van der Waals surface area contributed by atoms with Crippen molar-refractivity contribution in [2.45, 2.75) is 26.3 Å². The SMILES string of the molecule is CC(C)NC(=O)C(=O)N1CCN(c2c([N+](=O)[O-])ccc3c2CCN3)CC1. The second-order valence-electron chi connectivity index (χ2n) is 6.80. The minimum absolute atomic E-state index is 0.0878. The maximum absolute atomic E-state index is 12.2. The fraction of sp³-hybridized carbons (Fsp3) is 0.529. The second kappa shape index (κ2) is 7.19. The van der Waals surface area contributed by atoms with Gasteiger partial charge < -0.3 is 20.4 Å². The van der Waals surface area contributed by atoms with Crippen molar-refractivity contribution in [2.75, 3.05) is 42.9 Å². The molecule has 0 aromatic heterocycles. The van der Waals surface area contributed by atoms with E-state index in [-0.39, 0.29) is 16.7 Å². The Kier molecular flexibility index (Phi) is 4.97. The van der Waals surface area contributed by atoms with Crippen molar-refractivity contribution in [1.29, 1.82) is 0 Å². The average molecular weight is 361 g/mol. The first-order valence-corrected chi connectivity index (χ1v) is 8.77. The fourth-order valence-corrected chi connectivity index (χ4v) is 3.47. The van der Waals surface area contributed by atoms with Gasteiger partial charge in [-0.3, -0.25) is 19.7 Å². The monoisotopic (exact) mass is 361 g/mol. The van der Waals surface area contributed by atoms with Gasteiger partial charge in [-0.05, 0) is 26.3 Å². The molecule has 2 aliphatic heterocycles. The number of nitrogens with zero attached hydrogens (tertiary/aromatic N) is 3. The first-order valence-electron chi connectivity index (χ1n) is 8.77. The number of fused-ring (bicyclic) bond motifs is 1. The lowest BCUT2D eigenvalue weighted by Gasteiger charge is -2.36. The van der Waals surface area contributed by atoms with Crippen molar-refractivity contribution < 1.29 is 14.5 Å². The third-order valence-electron chi connectivity index (χ3n) is 4.65. The first kappa shape index (κ1) is 18.0. The number of carbonyl (C=O) groups is 2. The van der Waals surface area contributed by atoms with Crippen LogP contribution in [0.15, 0.2) is 12.1 Å². The normalized spacial score (nSPS) is 16.3. The van der Waals surface area contributed by atoms with E-state index in [0.717, 1.165) is 24.2 Å². The minimum atomic E-state index is -0.607. The van der Waals surface area contributed by atoms with E-state index in [1.54, 1.807) is 19.9 Å². The summed E-state index contributed by atoms with van der Waals surface area (Å²) in [5.41, 5.74) is 2.61. The fourth-order valence-electron chi connectivity index (χ4n) is 3.47. The van der Waals surface area contributed by atoms with E-state index in [1.807, 2.05) is 4.90 Å². The Labute approximate surface area is 151 Å². The molecular formula is C17H23N5O4. The molecule has 2 amide bonds. The zero-order valence-corrected chi connectivity index (χ0v) is 14.9. The lowest BCUT2D eigenvalue weighted by Crippen LogP contribution is -2.53. The lowest BCUT2D eigenvalue weighted by atomic mass is 10.1. The van der Waals surface area contributed by atoms with E-state index in [9.17, 15) is 19.7 Å². The Morgan fingerprint density at radius 3 is 2.54 bits per heavy atom. The van der Waals surface area contributed by atoms with Gasteiger partial charge >= 0.3 is 11.8 Å². The van der Waals surface area contributed by atoms with Crippen LogP contribution in [0.5, 0.6) is 0 Å². The van der Waals surface area contributed by atoms with E-state index < -0.39 is 11.8 Å². The van der Waals surface area contributed by atoms with Gasteiger partial charge in [0.05, 0.1) is 4.92 Å². The molecule has 0 radical (unpaired) electrons. The number of hydrogen-bond donors (Lipinski definition) is 2. The molecule has 1 aromatic carbocycles. The number of benzene rings is 1. The molecule has 9 heteroatoms. The molecule has 1 fully saturated rings. The molecule has 0 bridgehead atoms. The molecule has 2 heterocycles. The Morgan fingerprint density at radius 1 is 1.23 bits per heavy atom. The highest BCUT2D eigenvalue weighted by molar-refractivity contribution is 6.35. The third-order valence-corrected chi connectivity index (χ3v) is 4.65. The van der Waals surface area contributed by atoms with Crippen molar-refractivity contribution in [1.82, 2.24) is 10.2 Å². The highest BCUT2D eigenvalue weighted by Crippen LogP contribution is 2.39. The number of carbonyl (C=O) groups excluding carboxylic acids is 2. The van der Waals surface area contributed by atoms with Crippen LogP contribution in [0.1, 0.15) is 19.4 Å². The van der Waals surface area contributed by atoms with Gasteiger partial charge in [-0.2, -0.15) is 0 Å². The maximum atomic E-state index is 12.2. The number of amides is 2. The predicted octanol–water partition coefficient (Wildman–Crippen LogP) is 0.736. The molecule has 1 saturated heterocycles. The summed E-state index contributed by atoms with van der Waals surface area (Å²) < 4.78 is 0. The molecule has 3 rings (SSSR count). The molecule has 0 aliphatic carbocycles. The molecule has 26 heavy (non-hydrogen) atoms. The smallest absolute Gasteiger partial charge is 0.312 e. The first-order chi connectivity index (χ1) is 12.4. The molecular weight excluding hydrogens is 338 g/mol. The van der Waals surface area contributed by atoms with Gasteiger partial charge in [0.15, 0.2) is 0 Å². The van der Waals surface area contributed by atoms with Crippen LogP contribution < -0.4 is 15.5 Å². The van der Waals surface area contributed by atoms with Crippen LogP contribution in [0.4, 0.5) is 17.1 Å². The maximum Gasteiger partial charge on any atom is 0.312 e. The summed E-state index contributed by atoms with van der Waals surface area (Å²) in [6.45, 7) is 5.99. The van der Waals surface area contributed by atoms with Crippen LogP contribution in [0.3, 0.4) is 0 Å². The summed E-state index contributed by atoms with van der Waals surface area (Å²) in [4.78, 5) is 38.7. The number of nitro benzene ring substituents is 1. The van der Waals surface area contributed by atoms with E-state index in [4.69, 9.17) is 0 Å². The summed E-state index contributed by atoms with van der Waals surface area (Å²) in [7, 11) is 0. The van der Waals surface area contributed by atoms with Crippen molar-refractivity contribution >= 4 is 28.9 Å². The number of piperazine rings is 1. The Balaban J connectivity index is 1.75. The van der Waals surface area contributed by atoms with Crippen molar-refractivity contribution in [3.8, 4) is 0 Å². The summed E-state index contributed by atoms with van der Waals surface area (Å²) in [5.74, 6) is -1.16. The lowest BCUT2D eigenvalue weighted by molar-refractivity contribution is -0.384. The average Bonchev–Trinajstić information content (AvgIpc) is 3.08. The van der Waals surface area contributed by atoms with Gasteiger partial charge in [-0.1, -0.05) is 0 Å². The van der Waals surface area contributed by atoms with Crippen molar-refractivity contribution in [3.05, 3.63) is 27.8 Å². The highest BCUT2D eigenvalue weighted by Gasteiger charge is 2.32. The van der Waals surface area contributed by atoms with Gasteiger partial charge in [0.25, 0.3) is 5.69 Å². The predicted molar refractivity (Wildman–Crippen MR) is 97.4 cm³/mol. The van der Waals surface area contributed by atoms with E-state index in [2.05, 4.69) is 10.6 Å². The Bertz CT molecular complexity index is 741. The van der Waals surface area contributed by atoms with Gasteiger partial charge in [-0.15, -0.1) is 0 Å². The number of rotatable bonds is 3. The van der Waals surface area contributed by atoms with Crippen LogP contribution in [-0.4, -0.2) is 60.4 Å². The second-order valence-corrected chi connectivity index (χ2v) is 6.80. The minimum Gasteiger partial charge on any atom is -0.384 e. The largest absolute Gasteiger partial charge is 0.384 e. The molecule has 9 nitrogen and oxygen atoms in total. The molecule has 2 aliphatic rings. The highest BCUT2D eigenvalue weighted by atomic mass is 16.6. The van der Waals surface area contributed by atoms with E-state index in [0.29, 0.717) is 31.9 Å². The van der Waals surface area contributed by atoms with E-state index in [1.165, 1.54) is 11.0 Å². The van der Waals surface area contributed by atoms with Crippen LogP contribution in [-0.2, 0) is 16.0 Å². The Hall–Kier alpha value is -2.84. The standard InChI is InChI=1S/C17H23N5O4/c1-11(2)19-16(23)17(24)21-9-7-20(8-10-21)15-12-5-6-18-13(12)3-4-14(15)22(25)26/h3-4,11,18H,5-10H2,1-2H3,(H,19,23). The molecule has 0 spiro atoms. The summed E-state index contributed by atoms with van der Waals surface area (Å²) in [6, 6.07) is 3.18. The number of anilines is 2. The molecule has 2 N–H and O–H groups in total. The van der Waals surface area contributed by atoms with Crippen LogP contribution in [0.2, 0.25) is 0 Å². The zero-order chi connectivity index (χ0) is 18.8. The Morgan fingerprint density at radius 2 is 1.92 bits per heavy atom. The van der Waals surface area contributed by atoms with Crippen LogP contribution in [0, 0.1) is 10.1 Å². The third kappa shape index (κ3) is 3.42. The summed E-state index contributed by atoms with van der Waals surface area (Å²) in [6.07, 6.45) is 0.738. The van der Waals surface area contributed by atoms with Crippen LogP contribution >= 0.6 is 0 Å². The van der Waals surface area contributed by atoms with Crippen molar-refractivity contribution in [3.63, 3.8) is 0 Å². The number of hydrogen-bond acceptors (Lipinski definition) is 6. The molecule has 0 atom stereocenters. The molecule has 0 saturated carbocycles. The number of nitrogens with one attached hydrogen (secondary N) is 2. The molecule has 140 valence electrons.